The molecule has 134 valence electrons. The quantitative estimate of drug-likeness (QED) is 0.699. The van der Waals surface area contributed by atoms with Gasteiger partial charge in [0.25, 0.3) is 0 Å². The molecular weight excluding hydrogens is 340 g/mol. The van der Waals surface area contributed by atoms with Crippen molar-refractivity contribution in [3.05, 3.63) is 52.7 Å². The topological polar surface area (TPSA) is 97.6 Å². The summed E-state index contributed by atoms with van der Waals surface area (Å²) in [6, 6.07) is 4.13. The van der Waals surface area contributed by atoms with E-state index in [0.29, 0.717) is 18.9 Å². The summed E-state index contributed by atoms with van der Waals surface area (Å²) in [5.41, 5.74) is 6.17. The van der Waals surface area contributed by atoms with E-state index in [4.69, 9.17) is 9.97 Å². The normalized spacial score (nSPS) is 15.4. The minimum Gasteiger partial charge on any atom is -0.350 e. The number of rotatable bonds is 2. The highest BCUT2D eigenvalue weighted by Gasteiger charge is 2.29. The molecule has 5 rings (SSSR count). The van der Waals surface area contributed by atoms with Gasteiger partial charge in [-0.3, -0.25) is 10.1 Å². The molecule has 0 aliphatic carbocycles. The fourth-order valence-corrected chi connectivity index (χ4v) is 3.80. The molecule has 0 radical (unpaired) electrons. The van der Waals surface area contributed by atoms with Gasteiger partial charge in [0.15, 0.2) is 12.0 Å². The molecule has 2 aliphatic heterocycles. The molecule has 0 fully saturated rings. The lowest BCUT2D eigenvalue weighted by atomic mass is 10.0. The smallest absolute Gasteiger partial charge is 0.180 e. The first-order valence-corrected chi connectivity index (χ1v) is 8.95. The summed E-state index contributed by atoms with van der Waals surface area (Å²) in [6.45, 7) is 4.63. The van der Waals surface area contributed by atoms with Crippen LogP contribution in [0.15, 0.2) is 24.5 Å². The van der Waals surface area contributed by atoms with Gasteiger partial charge < -0.3 is 9.80 Å². The van der Waals surface area contributed by atoms with Crippen LogP contribution in [0.5, 0.6) is 0 Å². The maximum Gasteiger partial charge on any atom is 0.180 e. The van der Waals surface area contributed by atoms with Crippen molar-refractivity contribution in [1.29, 1.82) is 5.26 Å². The van der Waals surface area contributed by atoms with Crippen LogP contribution in [0.4, 0.5) is 5.82 Å². The Hall–Kier alpha value is -3.47. The number of hydrogen-bond acceptors (Lipinski definition) is 7. The SMILES string of the molecule is Cc1[nH]ncc1-c1nc2c(c(N3CCc4cccnc4C3)n1)CN(C#N)C2. The van der Waals surface area contributed by atoms with Gasteiger partial charge in [-0.05, 0) is 25.0 Å². The predicted octanol–water partition coefficient (Wildman–Crippen LogP) is 1.93. The van der Waals surface area contributed by atoms with Crippen molar-refractivity contribution in [2.75, 3.05) is 11.4 Å². The molecule has 0 saturated heterocycles. The Balaban J connectivity index is 1.61. The van der Waals surface area contributed by atoms with Gasteiger partial charge in [-0.1, -0.05) is 6.07 Å². The van der Waals surface area contributed by atoms with Crippen LogP contribution in [-0.2, 0) is 26.1 Å². The fraction of sp³-hybridized carbons (Fsp3) is 0.316. The van der Waals surface area contributed by atoms with Gasteiger partial charge >= 0.3 is 0 Å². The highest BCUT2D eigenvalue weighted by Crippen LogP contribution is 2.33. The zero-order valence-corrected chi connectivity index (χ0v) is 15.0. The molecule has 5 heterocycles. The summed E-state index contributed by atoms with van der Waals surface area (Å²) < 4.78 is 0. The Bertz CT molecular complexity index is 1060. The van der Waals surface area contributed by atoms with Crippen molar-refractivity contribution in [2.45, 2.75) is 33.0 Å². The van der Waals surface area contributed by atoms with Crippen molar-refractivity contribution in [2.24, 2.45) is 0 Å². The van der Waals surface area contributed by atoms with Crippen LogP contribution in [-0.4, -0.2) is 36.6 Å². The first-order chi connectivity index (χ1) is 13.2. The number of anilines is 1. The molecule has 0 amide bonds. The van der Waals surface area contributed by atoms with Crippen molar-refractivity contribution >= 4 is 5.82 Å². The summed E-state index contributed by atoms with van der Waals surface area (Å²) >= 11 is 0. The van der Waals surface area contributed by atoms with Crippen molar-refractivity contribution in [1.82, 2.24) is 30.0 Å². The molecule has 3 aromatic rings. The third-order valence-electron chi connectivity index (χ3n) is 5.25. The molecule has 0 atom stereocenters. The number of nitrogens with zero attached hydrogens (tertiary/aromatic N) is 7. The third-order valence-corrected chi connectivity index (χ3v) is 5.25. The van der Waals surface area contributed by atoms with Gasteiger partial charge in [0.05, 0.1) is 42.8 Å². The molecule has 3 aromatic heterocycles. The maximum absolute atomic E-state index is 9.36. The summed E-state index contributed by atoms with van der Waals surface area (Å²) in [6.07, 6.45) is 6.77. The molecule has 0 unspecified atom stereocenters. The molecule has 8 heteroatoms. The van der Waals surface area contributed by atoms with Crippen LogP contribution < -0.4 is 4.90 Å². The number of aromatic nitrogens is 5. The maximum atomic E-state index is 9.36. The van der Waals surface area contributed by atoms with Crippen molar-refractivity contribution in [3.8, 4) is 17.6 Å². The van der Waals surface area contributed by atoms with Gasteiger partial charge in [-0.2, -0.15) is 10.4 Å². The number of aromatic amines is 1. The fourth-order valence-electron chi connectivity index (χ4n) is 3.80. The first-order valence-electron chi connectivity index (χ1n) is 8.95. The van der Waals surface area contributed by atoms with Crippen LogP contribution in [0.3, 0.4) is 0 Å². The summed E-state index contributed by atoms with van der Waals surface area (Å²) in [4.78, 5) is 18.2. The van der Waals surface area contributed by atoms with E-state index in [9.17, 15) is 5.26 Å². The van der Waals surface area contributed by atoms with Crippen LogP contribution in [0.2, 0.25) is 0 Å². The number of aryl methyl sites for hydroxylation is 1. The number of hydrogen-bond donors (Lipinski definition) is 1. The number of pyridine rings is 1. The van der Waals surface area contributed by atoms with E-state index in [0.717, 1.165) is 53.5 Å². The van der Waals surface area contributed by atoms with Crippen LogP contribution in [0.1, 0.15) is 28.2 Å². The average molecular weight is 358 g/mol. The zero-order chi connectivity index (χ0) is 18.4. The standard InChI is InChI=1S/C19H18N8/c1-12-14(7-22-25-12)18-23-17-9-26(11-20)8-15(17)19(24-18)27-6-4-13-3-2-5-21-16(13)10-27/h2-3,5,7H,4,6,8-10H2,1H3,(H,22,25). The van der Waals surface area contributed by atoms with Crippen molar-refractivity contribution < 1.29 is 0 Å². The van der Waals surface area contributed by atoms with E-state index < -0.39 is 0 Å². The Labute approximate surface area is 156 Å². The Morgan fingerprint density at radius 1 is 1.19 bits per heavy atom. The lowest BCUT2D eigenvalue weighted by Gasteiger charge is -2.30. The molecule has 0 saturated carbocycles. The molecule has 0 aromatic carbocycles. The van der Waals surface area contributed by atoms with Gasteiger partial charge in [0.2, 0.25) is 0 Å². The number of H-pyrrole nitrogens is 1. The molecule has 8 nitrogen and oxygen atoms in total. The van der Waals surface area contributed by atoms with Crippen LogP contribution in [0.25, 0.3) is 11.4 Å². The summed E-state index contributed by atoms with van der Waals surface area (Å²) in [7, 11) is 0. The molecule has 2 aliphatic rings. The average Bonchev–Trinajstić information content (AvgIpc) is 3.32. The molecule has 0 bridgehead atoms. The van der Waals surface area contributed by atoms with Crippen molar-refractivity contribution in [3.63, 3.8) is 0 Å². The highest BCUT2D eigenvalue weighted by atomic mass is 15.2. The lowest BCUT2D eigenvalue weighted by Crippen LogP contribution is -2.32. The third kappa shape index (κ3) is 2.59. The van der Waals surface area contributed by atoms with E-state index in [-0.39, 0.29) is 0 Å². The minimum absolute atomic E-state index is 0.522. The summed E-state index contributed by atoms with van der Waals surface area (Å²) in [5.74, 6) is 1.56. The number of nitriles is 1. The van der Waals surface area contributed by atoms with Gasteiger partial charge in [-0.15, -0.1) is 0 Å². The summed E-state index contributed by atoms with van der Waals surface area (Å²) in [5, 5.41) is 16.4. The second kappa shape index (κ2) is 6.06. The zero-order valence-electron chi connectivity index (χ0n) is 15.0. The Morgan fingerprint density at radius 2 is 2.11 bits per heavy atom. The van der Waals surface area contributed by atoms with E-state index in [2.05, 4.69) is 32.3 Å². The van der Waals surface area contributed by atoms with E-state index in [1.54, 1.807) is 11.1 Å². The first kappa shape index (κ1) is 15.8. The Kier molecular flexibility index (Phi) is 3.53. The van der Waals surface area contributed by atoms with Gasteiger partial charge in [-0.25, -0.2) is 9.97 Å². The largest absolute Gasteiger partial charge is 0.350 e. The number of nitrogens with one attached hydrogen (secondary N) is 1. The molecule has 27 heavy (non-hydrogen) atoms. The second-order valence-corrected chi connectivity index (χ2v) is 6.94. The monoisotopic (exact) mass is 358 g/mol. The predicted molar refractivity (Wildman–Crippen MR) is 98.2 cm³/mol. The molecule has 0 spiro atoms. The molecular formula is C19H18N8. The molecule has 1 N–H and O–H groups in total. The minimum atomic E-state index is 0.522. The lowest BCUT2D eigenvalue weighted by molar-refractivity contribution is 0.415. The van der Waals surface area contributed by atoms with E-state index in [1.165, 1.54) is 5.56 Å². The highest BCUT2D eigenvalue weighted by molar-refractivity contribution is 5.63. The number of fused-ring (bicyclic) bond motifs is 2. The van der Waals surface area contributed by atoms with Crippen LogP contribution in [0, 0.1) is 18.4 Å². The van der Waals surface area contributed by atoms with E-state index in [1.807, 2.05) is 19.2 Å². The second-order valence-electron chi connectivity index (χ2n) is 6.94. The van der Waals surface area contributed by atoms with Gasteiger partial charge in [0, 0.05) is 24.0 Å². The Morgan fingerprint density at radius 3 is 2.93 bits per heavy atom. The van der Waals surface area contributed by atoms with Gasteiger partial charge in [0.1, 0.15) is 5.82 Å². The van der Waals surface area contributed by atoms with Crippen LogP contribution >= 0.6 is 0 Å². The van der Waals surface area contributed by atoms with E-state index >= 15 is 0 Å².